The Balaban J connectivity index is 2.02. The lowest BCUT2D eigenvalue weighted by molar-refractivity contribution is 0.00976. The van der Waals surface area contributed by atoms with Gasteiger partial charge < -0.3 is 10.2 Å². The van der Waals surface area contributed by atoms with E-state index in [9.17, 15) is 10.2 Å². The van der Waals surface area contributed by atoms with Crippen LogP contribution in [-0.4, -0.2) is 37.0 Å². The molecule has 1 unspecified atom stereocenters. The second-order valence-electron chi connectivity index (χ2n) is 5.13. The number of nitrogens with zero attached hydrogens (tertiary/aromatic N) is 4. The first-order valence-corrected chi connectivity index (χ1v) is 6.90. The van der Waals surface area contributed by atoms with Crippen LogP contribution in [0, 0.1) is 6.92 Å². The minimum absolute atomic E-state index is 0.0581. The average molecular weight is 296 g/mol. The molecule has 2 N–H and O–H groups in total. The van der Waals surface area contributed by atoms with Crippen molar-refractivity contribution in [3.05, 3.63) is 71.5 Å². The molecule has 0 amide bonds. The summed E-state index contributed by atoms with van der Waals surface area (Å²) in [5.41, 5.74) is 0.647. The second kappa shape index (κ2) is 5.67. The minimum Gasteiger partial charge on any atom is -0.393 e. The van der Waals surface area contributed by atoms with E-state index in [2.05, 4.69) is 15.4 Å². The van der Waals surface area contributed by atoms with Gasteiger partial charge in [-0.25, -0.2) is 0 Å². The smallest absolute Gasteiger partial charge is 0.213 e. The molecular weight excluding hydrogens is 280 g/mol. The highest BCUT2D eigenvalue weighted by Gasteiger charge is 2.36. The third-order valence-electron chi connectivity index (χ3n) is 3.50. The summed E-state index contributed by atoms with van der Waals surface area (Å²) in [6.45, 7) is 1.44. The zero-order chi connectivity index (χ0) is 15.6. The van der Waals surface area contributed by atoms with Crippen LogP contribution in [0.15, 0.2) is 54.6 Å². The van der Waals surface area contributed by atoms with Crippen molar-refractivity contribution in [3.63, 3.8) is 0 Å². The molecule has 0 aliphatic carbocycles. The Kier molecular flexibility index (Phi) is 3.70. The minimum atomic E-state index is -1.68. The third-order valence-corrected chi connectivity index (χ3v) is 3.50. The fraction of sp³-hybridized carbons (Fsp3) is 0.188. The van der Waals surface area contributed by atoms with E-state index in [0.29, 0.717) is 5.56 Å². The van der Waals surface area contributed by atoms with Crippen LogP contribution in [0.25, 0.3) is 5.69 Å². The lowest BCUT2D eigenvalue weighted by atomic mass is 9.94. The van der Waals surface area contributed by atoms with Crippen molar-refractivity contribution in [2.24, 2.45) is 0 Å². The molecule has 22 heavy (non-hydrogen) atoms. The van der Waals surface area contributed by atoms with Crippen LogP contribution < -0.4 is 0 Å². The van der Waals surface area contributed by atoms with Crippen LogP contribution in [0.4, 0.5) is 0 Å². The maximum atomic E-state index is 10.7. The van der Waals surface area contributed by atoms with Crippen LogP contribution in [0.5, 0.6) is 0 Å². The van der Waals surface area contributed by atoms with Crippen LogP contribution in [0.1, 0.15) is 17.0 Å². The number of tetrazole rings is 1. The fourth-order valence-corrected chi connectivity index (χ4v) is 2.25. The Morgan fingerprint density at radius 2 is 1.86 bits per heavy atom. The standard InChI is InChI=1S/C16H16N4O2/c1-12-6-5-9-14(10-12)20-18-15(17-19-20)16(22,11-21)13-7-3-2-4-8-13/h2-10,21-22H,11H2,1H3. The quantitative estimate of drug-likeness (QED) is 0.756. The summed E-state index contributed by atoms with van der Waals surface area (Å²) in [4.78, 5) is 1.34. The van der Waals surface area contributed by atoms with E-state index in [1.165, 1.54) is 4.80 Å². The highest BCUT2D eigenvalue weighted by atomic mass is 16.3. The van der Waals surface area contributed by atoms with Crippen LogP contribution in [-0.2, 0) is 5.60 Å². The molecule has 6 heteroatoms. The summed E-state index contributed by atoms with van der Waals surface area (Å²) in [6, 6.07) is 16.4. The van der Waals surface area contributed by atoms with Crippen molar-refractivity contribution in [3.8, 4) is 5.69 Å². The first kappa shape index (κ1) is 14.4. The zero-order valence-electron chi connectivity index (χ0n) is 12.1. The Bertz CT molecular complexity index is 773. The maximum absolute atomic E-state index is 10.7. The summed E-state index contributed by atoms with van der Waals surface area (Å²) < 4.78 is 0. The number of aromatic nitrogens is 4. The molecule has 0 saturated heterocycles. The van der Waals surface area contributed by atoms with E-state index in [0.717, 1.165) is 11.3 Å². The van der Waals surface area contributed by atoms with Crippen LogP contribution >= 0.6 is 0 Å². The number of aliphatic hydroxyl groups is 2. The number of rotatable bonds is 4. The van der Waals surface area contributed by atoms with Gasteiger partial charge in [0.05, 0.1) is 12.3 Å². The van der Waals surface area contributed by atoms with E-state index in [1.807, 2.05) is 37.3 Å². The van der Waals surface area contributed by atoms with Gasteiger partial charge in [0.2, 0.25) is 5.82 Å². The van der Waals surface area contributed by atoms with Gasteiger partial charge in [0.25, 0.3) is 0 Å². The molecule has 2 aromatic carbocycles. The number of aliphatic hydroxyl groups excluding tert-OH is 1. The SMILES string of the molecule is Cc1cccc(-n2nnc(C(O)(CO)c3ccccc3)n2)c1. The van der Waals surface area contributed by atoms with Crippen LogP contribution in [0.2, 0.25) is 0 Å². The predicted molar refractivity (Wildman–Crippen MR) is 80.4 cm³/mol. The number of benzene rings is 2. The van der Waals surface area contributed by atoms with E-state index < -0.39 is 12.2 Å². The zero-order valence-corrected chi connectivity index (χ0v) is 12.1. The lowest BCUT2D eigenvalue weighted by Gasteiger charge is -2.22. The van der Waals surface area contributed by atoms with Gasteiger partial charge in [-0.15, -0.1) is 15.0 Å². The Morgan fingerprint density at radius 1 is 1.09 bits per heavy atom. The number of hydrogen-bond donors (Lipinski definition) is 2. The Labute approximate surface area is 127 Å². The molecule has 112 valence electrons. The summed E-state index contributed by atoms with van der Waals surface area (Å²) in [6.07, 6.45) is 0. The van der Waals surface area contributed by atoms with E-state index in [-0.39, 0.29) is 5.82 Å². The van der Waals surface area contributed by atoms with Gasteiger partial charge in [-0.3, -0.25) is 0 Å². The molecule has 0 radical (unpaired) electrons. The van der Waals surface area contributed by atoms with Crippen LogP contribution in [0.3, 0.4) is 0 Å². The van der Waals surface area contributed by atoms with Crippen molar-refractivity contribution in [1.82, 2.24) is 20.2 Å². The first-order chi connectivity index (χ1) is 10.6. The molecule has 1 heterocycles. The molecule has 1 atom stereocenters. The monoisotopic (exact) mass is 296 g/mol. The van der Waals surface area contributed by atoms with Crippen molar-refractivity contribution in [1.29, 1.82) is 0 Å². The summed E-state index contributed by atoms with van der Waals surface area (Å²) in [5, 5.41) is 32.5. The molecule has 0 fully saturated rings. The largest absolute Gasteiger partial charge is 0.393 e. The normalized spacial score (nSPS) is 13.8. The molecule has 1 aromatic heterocycles. The van der Waals surface area contributed by atoms with Gasteiger partial charge in [-0.1, -0.05) is 42.5 Å². The van der Waals surface area contributed by atoms with Crippen molar-refractivity contribution < 1.29 is 10.2 Å². The lowest BCUT2D eigenvalue weighted by Crippen LogP contribution is -2.33. The average Bonchev–Trinajstić information content (AvgIpc) is 3.05. The molecule has 3 rings (SSSR count). The maximum Gasteiger partial charge on any atom is 0.213 e. The molecule has 3 aromatic rings. The van der Waals surface area contributed by atoms with Gasteiger partial charge in [0.1, 0.15) is 0 Å². The van der Waals surface area contributed by atoms with Gasteiger partial charge >= 0.3 is 0 Å². The molecule has 0 bridgehead atoms. The molecule has 0 aliphatic heterocycles. The summed E-state index contributed by atoms with van der Waals surface area (Å²) in [7, 11) is 0. The van der Waals surface area contributed by atoms with Gasteiger partial charge in [0, 0.05) is 0 Å². The summed E-state index contributed by atoms with van der Waals surface area (Å²) >= 11 is 0. The number of hydrogen-bond acceptors (Lipinski definition) is 5. The fourth-order valence-electron chi connectivity index (χ4n) is 2.25. The molecule has 6 nitrogen and oxygen atoms in total. The topological polar surface area (TPSA) is 84.1 Å². The van der Waals surface area contributed by atoms with Gasteiger partial charge in [-0.2, -0.15) is 0 Å². The Hall–Kier alpha value is -2.57. The van der Waals surface area contributed by atoms with E-state index >= 15 is 0 Å². The summed E-state index contributed by atoms with van der Waals surface area (Å²) in [5.74, 6) is 0.0581. The molecular formula is C16H16N4O2. The molecule has 0 spiro atoms. The van der Waals surface area contributed by atoms with Gasteiger partial charge in [-0.05, 0) is 35.4 Å². The van der Waals surface area contributed by atoms with E-state index in [4.69, 9.17) is 0 Å². The highest BCUT2D eigenvalue weighted by molar-refractivity contribution is 5.34. The molecule has 0 aliphatic rings. The van der Waals surface area contributed by atoms with Crippen molar-refractivity contribution in [2.75, 3.05) is 6.61 Å². The predicted octanol–water partition coefficient (Wildman–Crippen LogP) is 1.20. The van der Waals surface area contributed by atoms with E-state index in [1.54, 1.807) is 24.3 Å². The first-order valence-electron chi connectivity index (χ1n) is 6.90. The van der Waals surface area contributed by atoms with Gasteiger partial charge in [0.15, 0.2) is 5.60 Å². The third kappa shape index (κ3) is 2.49. The highest BCUT2D eigenvalue weighted by Crippen LogP contribution is 2.26. The second-order valence-corrected chi connectivity index (χ2v) is 5.13. The van der Waals surface area contributed by atoms with Crippen molar-refractivity contribution >= 4 is 0 Å². The Morgan fingerprint density at radius 3 is 2.55 bits per heavy atom. The van der Waals surface area contributed by atoms with Crippen molar-refractivity contribution in [2.45, 2.75) is 12.5 Å². The number of aryl methyl sites for hydroxylation is 1. The molecule has 0 saturated carbocycles.